The number of benzene rings is 1. The second-order valence-corrected chi connectivity index (χ2v) is 24.0. The number of hydrogen-bond donors (Lipinski definition) is 16. The number of thioether (sulfide) groups is 1. The number of amides is 10. The number of aliphatic hydroxyl groups excluding tert-OH is 4. The van der Waals surface area contributed by atoms with Gasteiger partial charge in [-0.1, -0.05) is 41.0 Å². The van der Waals surface area contributed by atoms with E-state index in [1.54, 1.807) is 32.9 Å². The molecule has 1 aromatic carbocycles. The van der Waals surface area contributed by atoms with Crippen molar-refractivity contribution in [3.05, 3.63) is 23.3 Å². The number of hydrogen-bond acceptors (Lipinski definition) is 19. The summed E-state index contributed by atoms with van der Waals surface area (Å²) in [4.78, 5) is 150. The lowest BCUT2D eigenvalue weighted by atomic mass is 9.93. The van der Waals surface area contributed by atoms with Gasteiger partial charge in [-0.25, -0.2) is 0 Å². The summed E-state index contributed by atoms with van der Waals surface area (Å²) < 4.78 is 21.0. The highest BCUT2D eigenvalue weighted by molar-refractivity contribution is 7.98. The first kappa shape index (κ1) is 71.7. The number of carbonyl (C=O) groups is 11. The van der Waals surface area contributed by atoms with Crippen LogP contribution in [0.4, 0.5) is 0 Å². The van der Waals surface area contributed by atoms with Gasteiger partial charge in [-0.2, -0.15) is 11.8 Å². The highest BCUT2D eigenvalue weighted by Gasteiger charge is 2.45. The van der Waals surface area contributed by atoms with Gasteiger partial charge in [0.25, 0.3) is 0 Å². The molecule has 1 saturated heterocycles. The van der Waals surface area contributed by atoms with E-state index in [1.807, 2.05) is 0 Å². The monoisotopic (exact) mass is 1250 g/mol. The first-order valence-corrected chi connectivity index (χ1v) is 30.8. The van der Waals surface area contributed by atoms with Crippen molar-refractivity contribution in [2.45, 2.75) is 158 Å². The lowest BCUT2D eigenvalue weighted by molar-refractivity contribution is -0.144. The topological polar surface area (TPSA) is 489 Å². The van der Waals surface area contributed by atoms with E-state index in [0.29, 0.717) is 47.2 Å². The molecule has 13 atom stereocenters. The predicted molar refractivity (Wildman–Crippen MR) is 312 cm³/mol. The minimum absolute atomic E-state index is 0.0694. The summed E-state index contributed by atoms with van der Waals surface area (Å²) in [5, 5.41) is 72.9. The molecule has 2 aliphatic heterocycles. The number of aliphatic carboxylic acids is 1. The Balaban J connectivity index is 1.79. The fourth-order valence-corrected chi connectivity index (χ4v) is 12.0. The van der Waals surface area contributed by atoms with Crippen molar-refractivity contribution in [3.8, 4) is 5.75 Å². The van der Waals surface area contributed by atoms with Crippen molar-refractivity contribution in [1.29, 1.82) is 0 Å². The number of primary amides is 2. The zero-order valence-corrected chi connectivity index (χ0v) is 50.7. The fourth-order valence-electron chi connectivity index (χ4n) is 9.69. The molecule has 1 aromatic heterocycles. The highest BCUT2D eigenvalue weighted by Crippen LogP contribution is 2.37. The molecule has 18 N–H and O–H groups in total. The first-order valence-electron chi connectivity index (χ1n) is 28.4. The highest BCUT2D eigenvalue weighted by atomic mass is 32.2. The van der Waals surface area contributed by atoms with Crippen LogP contribution in [0.2, 0.25) is 0 Å². The maximum atomic E-state index is 15.2. The van der Waals surface area contributed by atoms with Crippen molar-refractivity contribution >= 4 is 98.9 Å². The van der Waals surface area contributed by atoms with Crippen molar-refractivity contribution in [2.75, 3.05) is 51.4 Å². The van der Waals surface area contributed by atoms with E-state index in [-0.39, 0.29) is 60.5 Å². The number of fused-ring (bicyclic) bond motifs is 4. The summed E-state index contributed by atoms with van der Waals surface area (Å²) in [5.41, 5.74) is 12.4. The Morgan fingerprint density at radius 1 is 0.919 bits per heavy atom. The van der Waals surface area contributed by atoms with Gasteiger partial charge in [-0.05, 0) is 30.9 Å². The van der Waals surface area contributed by atoms with Crippen LogP contribution in [0.15, 0.2) is 17.2 Å². The summed E-state index contributed by atoms with van der Waals surface area (Å²) in [7, 11) is 1.40. The predicted octanol–water partition coefficient (Wildman–Crippen LogP) is -4.31. The molecule has 32 heteroatoms. The standard InChI is InChI=1S/C54H84N12O18S2/c1-7-26(3)44(63-40(71)8-2)51(80)59-21-42(73)60-35-25-86(83)53-31(30-12-13-38(84-6)32(46(30)65-53)24-85-16-15-57-41(72)11-9-10-14-58-48(77)27(4)17-43(74)75)19-33(47(56)76)61-52(81)45(28(5)37(69)23-67)64-50(79)36-18-29(68)22-66(36)54(82)34(20-39(55)70)62-49(35)78/h12-13,26-29,33-37,42,44-45,60,65,67-69,73H,7-11,14-25H2,1-6H3,(H2,55,70)(H2,56,76)(H,57,72)(H,58,77)(H,59,80)(H,61,81)(H,62,78)(H,63,71)(H,64,79)(H,74,75)/t26-,27?,28-,29+,33-,34-,35-,36-,37-,42?,44-,45-,86?/m0/s1. The molecule has 1 fully saturated rings. The van der Waals surface area contributed by atoms with Gasteiger partial charge in [0.05, 0.1) is 50.8 Å². The van der Waals surface area contributed by atoms with Crippen molar-refractivity contribution in [1.82, 2.24) is 52.4 Å². The van der Waals surface area contributed by atoms with Crippen LogP contribution >= 0.6 is 11.8 Å². The minimum Gasteiger partial charge on any atom is -0.610 e. The molecule has 0 bridgehead atoms. The van der Waals surface area contributed by atoms with Crippen molar-refractivity contribution in [3.63, 3.8) is 0 Å². The second kappa shape index (κ2) is 34.5. The maximum absolute atomic E-state index is 15.2. The van der Waals surface area contributed by atoms with Gasteiger partial charge < -0.3 is 93.4 Å². The third kappa shape index (κ3) is 20.7. The molecule has 2 aliphatic rings. The minimum atomic E-state index is -2.45. The van der Waals surface area contributed by atoms with Crippen LogP contribution in [-0.2, 0) is 76.1 Å². The van der Waals surface area contributed by atoms with Crippen LogP contribution in [0.25, 0.3) is 10.9 Å². The number of carboxylic acid groups (broad SMARTS) is 1. The van der Waals surface area contributed by atoms with Gasteiger partial charge in [-0.15, -0.1) is 0 Å². The molecule has 480 valence electrons. The number of nitrogens with two attached hydrogens (primary N) is 2. The van der Waals surface area contributed by atoms with Crippen LogP contribution in [0.5, 0.6) is 5.75 Å². The molecular weight excluding hydrogens is 1170 g/mol. The van der Waals surface area contributed by atoms with Gasteiger partial charge in [0, 0.05) is 96.3 Å². The van der Waals surface area contributed by atoms with Crippen molar-refractivity contribution in [2.24, 2.45) is 29.2 Å². The lowest BCUT2D eigenvalue weighted by Crippen LogP contribution is -2.62. The maximum Gasteiger partial charge on any atom is 0.304 e. The molecular formula is C54H84N12O18S2. The molecule has 86 heavy (non-hydrogen) atoms. The number of unbranched alkanes of at least 4 members (excludes halogenated alkanes) is 1. The number of carbonyl (C=O) groups excluding carboxylic acids is 10. The SMILES string of the molecule is CCC(=O)N[C@H](C(=O)NCC(O)N[C@H]1C[S+]([O-])c2[nH]c3c(CSCCNC(=O)CCCCNC(=O)C(C)CC(=O)O)c(OC)ccc3c2C[C@@H](C(N)=O)NC(=O)[C@H]([C@@H](C)[C@@H](O)CO)NC(=O)[C@@H]2C[C@@H](O)CN2C(=O)[C@H](CC(N)=O)NC1=O)[C@@H](C)CC. The number of methoxy groups -OCH3 is 1. The Bertz CT molecular complexity index is 2740. The zero-order chi connectivity index (χ0) is 64.1. The number of rotatable bonds is 29. The van der Waals surface area contributed by atoms with E-state index in [4.69, 9.17) is 21.3 Å². The number of carboxylic acids is 1. The summed E-state index contributed by atoms with van der Waals surface area (Å²) in [6, 6.07) is -6.61. The number of nitrogens with one attached hydrogen (secondary N) is 9. The molecule has 0 spiro atoms. The number of aromatic nitrogens is 1. The Kier molecular flexibility index (Phi) is 28.8. The van der Waals surface area contributed by atoms with E-state index in [1.165, 1.54) is 32.7 Å². The normalized spacial score (nSPS) is 22.6. The summed E-state index contributed by atoms with van der Waals surface area (Å²) in [5.74, 6) is -11.8. The molecule has 2 aromatic rings. The fraction of sp³-hybridized carbons (Fsp3) is 0.648. The molecule has 0 radical (unpaired) electrons. The average molecular weight is 1250 g/mol. The average Bonchev–Trinajstić information content (AvgIpc) is 3.50. The van der Waals surface area contributed by atoms with Crippen LogP contribution in [0, 0.1) is 17.8 Å². The van der Waals surface area contributed by atoms with Gasteiger partial charge in [0.15, 0.2) is 0 Å². The second-order valence-electron chi connectivity index (χ2n) is 21.4. The number of nitrogens with zero attached hydrogens (tertiary/aromatic N) is 1. The zero-order valence-electron chi connectivity index (χ0n) is 49.1. The first-order chi connectivity index (χ1) is 40.6. The molecule has 3 heterocycles. The van der Waals surface area contributed by atoms with E-state index in [0.717, 1.165) is 4.90 Å². The Hall–Kier alpha value is -6.81. The van der Waals surface area contributed by atoms with Crippen LogP contribution < -0.4 is 58.7 Å². The van der Waals surface area contributed by atoms with Gasteiger partial charge in [-0.3, -0.25) is 58.1 Å². The van der Waals surface area contributed by atoms with Crippen LogP contribution in [-0.4, -0.2) is 211 Å². The summed E-state index contributed by atoms with van der Waals surface area (Å²) in [6.45, 7) is 6.38. The summed E-state index contributed by atoms with van der Waals surface area (Å²) in [6.07, 6.45) is -5.40. The molecule has 3 unspecified atom stereocenters. The molecule has 0 aliphatic carbocycles. The van der Waals surface area contributed by atoms with Crippen LogP contribution in [0.1, 0.15) is 97.1 Å². The van der Waals surface area contributed by atoms with E-state index < -0.39 is 182 Å². The third-order valence-electron chi connectivity index (χ3n) is 14.9. The van der Waals surface area contributed by atoms with Gasteiger partial charge in [0.1, 0.15) is 54.0 Å². The Morgan fingerprint density at radius 2 is 1.63 bits per heavy atom. The van der Waals surface area contributed by atoms with E-state index in [2.05, 4.69) is 47.5 Å². The van der Waals surface area contributed by atoms with Crippen LogP contribution in [0.3, 0.4) is 0 Å². The molecule has 4 rings (SSSR count). The van der Waals surface area contributed by atoms with Crippen molar-refractivity contribution < 1.29 is 87.6 Å². The smallest absolute Gasteiger partial charge is 0.304 e. The quantitative estimate of drug-likeness (QED) is 0.0208. The van der Waals surface area contributed by atoms with Gasteiger partial charge >= 0.3 is 5.97 Å². The number of ether oxygens (including phenoxy) is 1. The lowest BCUT2D eigenvalue weighted by Gasteiger charge is -2.32. The Labute approximate surface area is 504 Å². The van der Waals surface area contributed by atoms with Gasteiger partial charge in [0.2, 0.25) is 64.1 Å². The molecule has 30 nitrogen and oxygen atoms in total. The number of aliphatic hydroxyl groups is 4. The number of aromatic amines is 1. The third-order valence-corrected chi connectivity index (χ3v) is 17.3. The number of H-pyrrole nitrogens is 1. The molecule has 0 saturated carbocycles. The molecule has 10 amide bonds. The largest absolute Gasteiger partial charge is 0.610 e. The summed E-state index contributed by atoms with van der Waals surface area (Å²) >= 11 is -1.09. The van der Waals surface area contributed by atoms with E-state index >= 15 is 4.55 Å². The van der Waals surface area contributed by atoms with E-state index in [9.17, 15) is 73.2 Å². The Morgan fingerprint density at radius 3 is 2.26 bits per heavy atom.